The van der Waals surface area contributed by atoms with Crippen LogP contribution in [-0.4, -0.2) is 16.9 Å². The lowest BCUT2D eigenvalue weighted by Gasteiger charge is -2.11. The zero-order valence-electron chi connectivity index (χ0n) is 14.2. The molecule has 0 saturated heterocycles. The van der Waals surface area contributed by atoms with Crippen molar-refractivity contribution in [2.45, 2.75) is 12.6 Å². The number of carboxylic acid groups (broad SMARTS) is 1. The van der Waals surface area contributed by atoms with E-state index in [-0.39, 0.29) is 11.3 Å². The zero-order valence-corrected chi connectivity index (χ0v) is 15.0. The van der Waals surface area contributed by atoms with Crippen LogP contribution >= 0.6 is 11.6 Å². The van der Waals surface area contributed by atoms with Crippen molar-refractivity contribution >= 4 is 23.4 Å². The number of alkyl halides is 3. The van der Waals surface area contributed by atoms with E-state index in [1.54, 1.807) is 6.08 Å². The van der Waals surface area contributed by atoms with E-state index in [1.165, 1.54) is 24.3 Å². The first-order valence-electron chi connectivity index (χ1n) is 7.73. The van der Waals surface area contributed by atoms with Crippen LogP contribution in [0.4, 0.5) is 13.2 Å². The third-order valence-corrected chi connectivity index (χ3v) is 3.69. The lowest BCUT2D eigenvalue weighted by atomic mass is 10.1. The van der Waals surface area contributed by atoms with Crippen LogP contribution < -0.4 is 11.5 Å². The van der Waals surface area contributed by atoms with Gasteiger partial charge in [-0.25, -0.2) is 4.79 Å². The minimum Gasteiger partial charge on any atom is -0.476 e. The van der Waals surface area contributed by atoms with Gasteiger partial charge in [0.05, 0.1) is 5.56 Å². The molecule has 0 saturated carbocycles. The molecule has 0 amide bonds. The maximum Gasteiger partial charge on any atom is 0.416 e. The van der Waals surface area contributed by atoms with Crippen molar-refractivity contribution in [1.82, 2.24) is 0 Å². The third-order valence-electron chi connectivity index (χ3n) is 3.41. The number of hydrogen-bond acceptors (Lipinski definition) is 4. The normalized spacial score (nSPS) is 15.9. The molecule has 1 aromatic rings. The second kappa shape index (κ2) is 8.66. The average Bonchev–Trinajstić information content (AvgIpc) is 2.84. The van der Waals surface area contributed by atoms with E-state index in [4.69, 9.17) is 32.9 Å². The Kier molecular flexibility index (Phi) is 6.53. The summed E-state index contributed by atoms with van der Waals surface area (Å²) in [4.78, 5) is 15.0. The lowest BCUT2D eigenvalue weighted by Crippen LogP contribution is -2.19. The molecule has 0 heterocycles. The molecular weight excluding hydrogens is 399 g/mol. The maximum atomic E-state index is 12.9. The molecule has 6 nitrogen and oxygen atoms in total. The Morgan fingerprint density at radius 2 is 1.96 bits per heavy atom. The summed E-state index contributed by atoms with van der Waals surface area (Å²) in [5.41, 5.74) is 9.45. The minimum atomic E-state index is -4.58. The van der Waals surface area contributed by atoms with Crippen LogP contribution in [-0.2, 0) is 15.7 Å². The molecule has 0 aliphatic heterocycles. The van der Waals surface area contributed by atoms with E-state index in [1.807, 2.05) is 0 Å². The SMILES string of the molecule is N/C(=N\C(OC1=CC=C(Cl)CC=C1)=C(/N)C(=O)O)c1cccc(C(F)(F)F)c1. The molecule has 148 valence electrons. The van der Waals surface area contributed by atoms with Crippen molar-refractivity contribution in [2.75, 3.05) is 0 Å². The Hall–Kier alpha value is -3.20. The Labute approximate surface area is 162 Å². The number of nitrogens with two attached hydrogens (primary N) is 2. The Bertz CT molecular complexity index is 931. The van der Waals surface area contributed by atoms with Gasteiger partial charge in [-0.15, -0.1) is 0 Å². The number of carboxylic acids is 1. The highest BCUT2D eigenvalue weighted by Gasteiger charge is 2.30. The fourth-order valence-electron chi connectivity index (χ4n) is 2.02. The summed E-state index contributed by atoms with van der Waals surface area (Å²) in [7, 11) is 0. The van der Waals surface area contributed by atoms with Crippen LogP contribution in [0.3, 0.4) is 0 Å². The molecule has 10 heteroatoms. The van der Waals surface area contributed by atoms with Crippen LogP contribution in [0.25, 0.3) is 0 Å². The fourth-order valence-corrected chi connectivity index (χ4v) is 2.17. The van der Waals surface area contributed by atoms with Gasteiger partial charge in [0.2, 0.25) is 0 Å². The van der Waals surface area contributed by atoms with Gasteiger partial charge in [0.25, 0.3) is 5.88 Å². The van der Waals surface area contributed by atoms with Crippen LogP contribution in [0.5, 0.6) is 0 Å². The van der Waals surface area contributed by atoms with Crippen molar-refractivity contribution in [2.24, 2.45) is 16.5 Å². The minimum absolute atomic E-state index is 0.0811. The number of allylic oxidation sites excluding steroid dienone is 5. The van der Waals surface area contributed by atoms with Crippen LogP contribution in [0.15, 0.2) is 75.9 Å². The molecule has 0 fully saturated rings. The van der Waals surface area contributed by atoms with Crippen LogP contribution in [0, 0.1) is 0 Å². The first-order chi connectivity index (χ1) is 13.1. The molecule has 0 aromatic heterocycles. The molecule has 0 atom stereocenters. The number of aliphatic carboxylic acids is 1. The van der Waals surface area contributed by atoms with Gasteiger partial charge in [0, 0.05) is 17.0 Å². The van der Waals surface area contributed by atoms with E-state index in [0.717, 1.165) is 18.2 Å². The van der Waals surface area contributed by atoms with Gasteiger partial charge in [0.15, 0.2) is 5.70 Å². The third kappa shape index (κ3) is 5.65. The van der Waals surface area contributed by atoms with Gasteiger partial charge in [-0.1, -0.05) is 29.8 Å². The summed E-state index contributed by atoms with van der Waals surface area (Å²) in [6, 6.07) is 4.08. The molecule has 5 N–H and O–H groups in total. The number of benzene rings is 1. The average molecular weight is 414 g/mol. The zero-order chi connectivity index (χ0) is 20.9. The van der Waals surface area contributed by atoms with Gasteiger partial charge < -0.3 is 21.3 Å². The summed E-state index contributed by atoms with van der Waals surface area (Å²) in [6.45, 7) is 0. The highest BCUT2D eigenvalue weighted by atomic mass is 35.5. The highest BCUT2D eigenvalue weighted by Crippen LogP contribution is 2.29. The highest BCUT2D eigenvalue weighted by molar-refractivity contribution is 6.29. The molecule has 1 aromatic carbocycles. The summed E-state index contributed by atoms with van der Waals surface area (Å²) in [6.07, 6.45) is 2.02. The molecule has 0 unspecified atom stereocenters. The monoisotopic (exact) mass is 413 g/mol. The number of aliphatic imine (C=N–C) groups is 1. The van der Waals surface area contributed by atoms with E-state index in [0.29, 0.717) is 11.5 Å². The lowest BCUT2D eigenvalue weighted by molar-refractivity contribution is -0.137. The Morgan fingerprint density at radius 3 is 2.61 bits per heavy atom. The number of hydrogen-bond donors (Lipinski definition) is 3. The number of amidine groups is 1. The van der Waals surface area contributed by atoms with E-state index in [2.05, 4.69) is 4.99 Å². The van der Waals surface area contributed by atoms with Gasteiger partial charge in [-0.05, 0) is 30.4 Å². The van der Waals surface area contributed by atoms with E-state index in [9.17, 15) is 18.0 Å². The quantitative estimate of drug-likeness (QED) is 0.295. The van der Waals surface area contributed by atoms with Crippen LogP contribution in [0.1, 0.15) is 17.5 Å². The van der Waals surface area contributed by atoms with Crippen LogP contribution in [0.2, 0.25) is 0 Å². The molecule has 2 rings (SSSR count). The predicted octanol–water partition coefficient (Wildman–Crippen LogP) is 3.61. The maximum absolute atomic E-state index is 12.9. The molecule has 1 aliphatic carbocycles. The first-order valence-corrected chi connectivity index (χ1v) is 8.11. The van der Waals surface area contributed by atoms with Crippen molar-refractivity contribution in [3.63, 3.8) is 0 Å². The van der Waals surface area contributed by atoms with Crippen molar-refractivity contribution in [1.29, 1.82) is 0 Å². The fraction of sp³-hybridized carbons (Fsp3) is 0.111. The summed E-state index contributed by atoms with van der Waals surface area (Å²) in [5, 5.41) is 9.63. The largest absolute Gasteiger partial charge is 0.476 e. The number of ether oxygens (including phenoxy) is 1. The smallest absolute Gasteiger partial charge is 0.416 e. The van der Waals surface area contributed by atoms with Crippen molar-refractivity contribution in [3.8, 4) is 0 Å². The van der Waals surface area contributed by atoms with Gasteiger partial charge in [-0.3, -0.25) is 0 Å². The molecule has 0 spiro atoms. The van der Waals surface area contributed by atoms with Gasteiger partial charge in [0.1, 0.15) is 11.6 Å². The Balaban J connectivity index is 2.43. The topological polar surface area (TPSA) is 111 Å². The van der Waals surface area contributed by atoms with E-state index >= 15 is 0 Å². The number of carbonyl (C=O) groups is 1. The van der Waals surface area contributed by atoms with Crippen molar-refractivity contribution in [3.05, 3.63) is 82.1 Å². The predicted molar refractivity (Wildman–Crippen MR) is 97.9 cm³/mol. The summed E-state index contributed by atoms with van der Waals surface area (Å²) in [5.74, 6) is -2.36. The van der Waals surface area contributed by atoms with E-state index < -0.39 is 35.1 Å². The molecule has 0 bridgehead atoms. The number of halogens is 4. The number of rotatable bonds is 5. The standard InChI is InChI=1S/C18H15ClF3N3O3/c19-12-5-2-6-13(8-7-12)28-16(14(23)17(26)27)25-15(24)10-3-1-4-11(9-10)18(20,21)22/h1-4,6-9H,5,23H2,(H2,24,25)(H,26,27)/b16-14+. The molecule has 28 heavy (non-hydrogen) atoms. The molecule has 0 radical (unpaired) electrons. The van der Waals surface area contributed by atoms with Gasteiger partial charge >= 0.3 is 12.1 Å². The summed E-state index contributed by atoms with van der Waals surface area (Å²) < 4.78 is 44.0. The second-order valence-corrected chi connectivity index (χ2v) is 5.98. The second-order valence-electron chi connectivity index (χ2n) is 5.49. The molecule has 1 aliphatic rings. The molecular formula is C18H15ClF3N3O3. The summed E-state index contributed by atoms with van der Waals surface area (Å²) >= 11 is 5.89. The Morgan fingerprint density at radius 1 is 1.25 bits per heavy atom. The van der Waals surface area contributed by atoms with Crippen molar-refractivity contribution < 1.29 is 27.8 Å². The first kappa shape index (κ1) is 21.1. The number of nitrogens with zero attached hydrogens (tertiary/aromatic N) is 1. The van der Waals surface area contributed by atoms with Gasteiger partial charge in [-0.2, -0.15) is 18.2 Å².